The van der Waals surface area contributed by atoms with Crippen LogP contribution in [0.25, 0.3) is 0 Å². The fourth-order valence-electron chi connectivity index (χ4n) is 1.85. The van der Waals surface area contributed by atoms with Crippen molar-refractivity contribution in [3.8, 4) is 0 Å². The number of carboxylic acids is 1. The van der Waals surface area contributed by atoms with Crippen LogP contribution in [0.4, 0.5) is 10.5 Å². The van der Waals surface area contributed by atoms with Gasteiger partial charge in [-0.2, -0.15) is 0 Å². The number of nitrogens with zero attached hydrogens (tertiary/aromatic N) is 1. The maximum absolute atomic E-state index is 11.7. The zero-order chi connectivity index (χ0) is 13.3. The molecule has 2 rings (SSSR count). The number of rotatable bonds is 2. The monoisotopic (exact) mass is 249 g/mol. The van der Waals surface area contributed by atoms with Crippen LogP contribution in [0, 0.1) is 19.8 Å². The molecule has 1 aliphatic rings. The first kappa shape index (κ1) is 12.4. The predicted octanol–water partition coefficient (Wildman–Crippen LogP) is 1.96. The van der Waals surface area contributed by atoms with E-state index in [1.807, 2.05) is 26.0 Å². The second kappa shape index (κ2) is 4.68. The van der Waals surface area contributed by atoms with E-state index in [1.165, 1.54) is 4.90 Å². The average molecular weight is 249 g/mol. The largest absolute Gasteiger partial charge is 0.481 e. The molecule has 18 heavy (non-hydrogen) atoms. The SMILES string of the molecule is Cc1ccc(N2CC(C(=O)O)COC2=O)cc1C. The van der Waals surface area contributed by atoms with E-state index in [0.717, 1.165) is 11.1 Å². The Hall–Kier alpha value is -2.04. The molecular formula is C13H15NO4. The molecule has 0 saturated carbocycles. The van der Waals surface area contributed by atoms with Crippen molar-refractivity contribution in [2.24, 2.45) is 5.92 Å². The molecule has 96 valence electrons. The lowest BCUT2D eigenvalue weighted by molar-refractivity contribution is -0.143. The lowest BCUT2D eigenvalue weighted by atomic mass is 10.1. The molecule has 1 aromatic rings. The molecule has 5 nitrogen and oxygen atoms in total. The lowest BCUT2D eigenvalue weighted by Gasteiger charge is -2.30. The number of aryl methyl sites for hydroxylation is 2. The van der Waals surface area contributed by atoms with Crippen molar-refractivity contribution >= 4 is 17.7 Å². The average Bonchev–Trinajstić information content (AvgIpc) is 2.33. The Balaban J connectivity index is 2.26. The molecule has 1 amide bonds. The summed E-state index contributed by atoms with van der Waals surface area (Å²) in [5.74, 6) is -1.62. The summed E-state index contributed by atoms with van der Waals surface area (Å²) < 4.78 is 4.90. The highest BCUT2D eigenvalue weighted by molar-refractivity contribution is 5.90. The normalized spacial score (nSPS) is 19.6. The van der Waals surface area contributed by atoms with Gasteiger partial charge in [-0.15, -0.1) is 0 Å². The summed E-state index contributed by atoms with van der Waals surface area (Å²) in [7, 11) is 0. The number of hydrogen-bond donors (Lipinski definition) is 1. The quantitative estimate of drug-likeness (QED) is 0.870. The number of cyclic esters (lactones) is 1. The van der Waals surface area contributed by atoms with Crippen molar-refractivity contribution in [1.82, 2.24) is 0 Å². The first-order valence-corrected chi connectivity index (χ1v) is 5.73. The number of carbonyl (C=O) groups is 2. The molecular weight excluding hydrogens is 234 g/mol. The second-order valence-electron chi connectivity index (χ2n) is 4.49. The maximum atomic E-state index is 11.7. The van der Waals surface area contributed by atoms with E-state index in [2.05, 4.69) is 0 Å². The van der Waals surface area contributed by atoms with Gasteiger partial charge in [-0.05, 0) is 37.1 Å². The molecule has 0 radical (unpaired) electrons. The van der Waals surface area contributed by atoms with Crippen LogP contribution in [0.1, 0.15) is 11.1 Å². The van der Waals surface area contributed by atoms with Crippen LogP contribution in [0.5, 0.6) is 0 Å². The standard InChI is InChI=1S/C13H15NO4/c1-8-3-4-11(5-9(8)2)14-6-10(12(15)16)7-18-13(14)17/h3-5,10H,6-7H2,1-2H3,(H,15,16). The van der Waals surface area contributed by atoms with E-state index < -0.39 is 18.0 Å². The summed E-state index contributed by atoms with van der Waals surface area (Å²) in [5, 5.41) is 8.97. The molecule has 5 heteroatoms. The first-order valence-electron chi connectivity index (χ1n) is 5.73. The fourth-order valence-corrected chi connectivity index (χ4v) is 1.85. The van der Waals surface area contributed by atoms with Gasteiger partial charge in [0, 0.05) is 12.2 Å². The number of anilines is 1. The van der Waals surface area contributed by atoms with Crippen molar-refractivity contribution in [2.75, 3.05) is 18.1 Å². The van der Waals surface area contributed by atoms with Gasteiger partial charge >= 0.3 is 12.1 Å². The van der Waals surface area contributed by atoms with Gasteiger partial charge in [0.15, 0.2) is 0 Å². The number of aliphatic carboxylic acids is 1. The topological polar surface area (TPSA) is 66.8 Å². The van der Waals surface area contributed by atoms with Crippen LogP contribution in [0.15, 0.2) is 18.2 Å². The second-order valence-corrected chi connectivity index (χ2v) is 4.49. The van der Waals surface area contributed by atoms with E-state index in [-0.39, 0.29) is 13.2 Å². The summed E-state index contributed by atoms with van der Waals surface area (Å²) in [4.78, 5) is 24.0. The van der Waals surface area contributed by atoms with Crippen molar-refractivity contribution in [1.29, 1.82) is 0 Å². The molecule has 1 fully saturated rings. The first-order chi connectivity index (χ1) is 8.49. The van der Waals surface area contributed by atoms with E-state index in [9.17, 15) is 9.59 Å². The van der Waals surface area contributed by atoms with Gasteiger partial charge in [0.05, 0.1) is 0 Å². The molecule has 0 spiro atoms. The summed E-state index contributed by atoms with van der Waals surface area (Å²) in [6, 6.07) is 5.57. The van der Waals surface area contributed by atoms with Crippen molar-refractivity contribution in [3.05, 3.63) is 29.3 Å². The summed E-state index contributed by atoms with van der Waals surface area (Å²) >= 11 is 0. The molecule has 1 saturated heterocycles. The third-order valence-corrected chi connectivity index (χ3v) is 3.18. The van der Waals surface area contributed by atoms with Crippen LogP contribution in [0.3, 0.4) is 0 Å². The third kappa shape index (κ3) is 2.30. The minimum absolute atomic E-state index is 0.0600. The number of hydrogen-bond acceptors (Lipinski definition) is 3. The van der Waals surface area contributed by atoms with Crippen molar-refractivity contribution < 1.29 is 19.4 Å². The summed E-state index contributed by atoms with van der Waals surface area (Å²) in [6.45, 7) is 4.02. The van der Waals surface area contributed by atoms with E-state index in [4.69, 9.17) is 9.84 Å². The fraction of sp³-hybridized carbons (Fsp3) is 0.385. The summed E-state index contributed by atoms with van der Waals surface area (Å²) in [6.07, 6.45) is -0.490. The van der Waals surface area contributed by atoms with E-state index >= 15 is 0 Å². The Morgan fingerprint density at radius 1 is 1.39 bits per heavy atom. The Labute approximate surface area is 105 Å². The van der Waals surface area contributed by atoms with Gasteiger partial charge in [0.2, 0.25) is 0 Å². The summed E-state index contributed by atoms with van der Waals surface area (Å²) in [5.41, 5.74) is 2.85. The zero-order valence-electron chi connectivity index (χ0n) is 10.3. The molecule has 1 atom stereocenters. The molecule has 0 bridgehead atoms. The minimum Gasteiger partial charge on any atom is -0.481 e. The number of carbonyl (C=O) groups excluding carboxylic acids is 1. The molecule has 1 heterocycles. The van der Waals surface area contributed by atoms with Gasteiger partial charge in [0.1, 0.15) is 12.5 Å². The molecule has 1 unspecified atom stereocenters. The molecule has 0 aliphatic carbocycles. The molecule has 0 aromatic heterocycles. The highest BCUT2D eigenvalue weighted by Crippen LogP contribution is 2.23. The van der Waals surface area contributed by atoms with Gasteiger partial charge in [0.25, 0.3) is 0 Å². The van der Waals surface area contributed by atoms with E-state index in [1.54, 1.807) is 6.07 Å². The lowest BCUT2D eigenvalue weighted by Crippen LogP contribution is -2.45. The van der Waals surface area contributed by atoms with Gasteiger partial charge in [-0.3, -0.25) is 9.69 Å². The smallest absolute Gasteiger partial charge is 0.414 e. The van der Waals surface area contributed by atoms with Crippen LogP contribution in [0.2, 0.25) is 0 Å². The van der Waals surface area contributed by atoms with Gasteiger partial charge < -0.3 is 9.84 Å². The van der Waals surface area contributed by atoms with Crippen LogP contribution in [-0.4, -0.2) is 30.3 Å². The van der Waals surface area contributed by atoms with Crippen molar-refractivity contribution in [2.45, 2.75) is 13.8 Å². The highest BCUT2D eigenvalue weighted by Gasteiger charge is 2.32. The Morgan fingerprint density at radius 2 is 2.11 bits per heavy atom. The predicted molar refractivity (Wildman–Crippen MR) is 65.7 cm³/mol. The Kier molecular flexibility index (Phi) is 3.23. The van der Waals surface area contributed by atoms with Gasteiger partial charge in [-0.1, -0.05) is 6.07 Å². The molecule has 1 N–H and O–H groups in total. The molecule has 1 aliphatic heterocycles. The van der Waals surface area contributed by atoms with E-state index in [0.29, 0.717) is 5.69 Å². The Bertz CT molecular complexity index is 498. The van der Waals surface area contributed by atoms with Crippen LogP contribution < -0.4 is 4.90 Å². The zero-order valence-corrected chi connectivity index (χ0v) is 10.3. The van der Waals surface area contributed by atoms with Gasteiger partial charge in [-0.25, -0.2) is 4.79 Å². The highest BCUT2D eigenvalue weighted by atomic mass is 16.6. The minimum atomic E-state index is -0.948. The number of ether oxygens (including phenoxy) is 1. The number of benzene rings is 1. The Morgan fingerprint density at radius 3 is 2.72 bits per heavy atom. The number of amides is 1. The van der Waals surface area contributed by atoms with Crippen LogP contribution in [-0.2, 0) is 9.53 Å². The van der Waals surface area contributed by atoms with Crippen molar-refractivity contribution in [3.63, 3.8) is 0 Å². The third-order valence-electron chi connectivity index (χ3n) is 3.18. The molecule has 1 aromatic carbocycles. The maximum Gasteiger partial charge on any atom is 0.414 e. The van der Waals surface area contributed by atoms with Crippen LogP contribution >= 0.6 is 0 Å². The number of carboxylic acid groups (broad SMARTS) is 1.